The molecule has 0 aliphatic rings. The Bertz CT molecular complexity index is 685. The molecule has 0 aromatic heterocycles. The molecule has 36 heavy (non-hydrogen) atoms. The summed E-state index contributed by atoms with van der Waals surface area (Å²) in [7, 11) is 0. The highest BCUT2D eigenvalue weighted by molar-refractivity contribution is 5.90. The Hall–Kier alpha value is -1.96. The first-order chi connectivity index (χ1) is 16.4. The lowest BCUT2D eigenvalue weighted by atomic mass is 9.77. The van der Waals surface area contributed by atoms with Crippen molar-refractivity contribution in [1.29, 1.82) is 0 Å². The van der Waals surface area contributed by atoms with E-state index in [9.17, 15) is 19.2 Å². The van der Waals surface area contributed by atoms with Crippen LogP contribution in [0.4, 0.5) is 0 Å². The van der Waals surface area contributed by atoms with Gasteiger partial charge in [-0.3, -0.25) is 14.4 Å². The topological polar surface area (TPSA) is 114 Å². The summed E-state index contributed by atoms with van der Waals surface area (Å²) in [6, 6.07) is -0.733. The standard InChI is InChI=1S/C26H49N3O5.C2H6/c1-18(2)15-34-17-24(5,6)16-28-22(32)25(7,8)11-12-26(9,10)23(33)29-20(19(3)4)21(31)27-13-14-30;1-2/h14,18-20H,11-13,15-17H2,1-10H3,(H,27,31)(H,28,32)(H,29,33);1-2H3. The normalized spacial score (nSPS) is 12.9. The molecule has 0 bridgehead atoms. The second kappa shape index (κ2) is 16.7. The maximum atomic E-state index is 13.0. The van der Waals surface area contributed by atoms with Gasteiger partial charge < -0.3 is 25.5 Å². The van der Waals surface area contributed by atoms with Crippen LogP contribution < -0.4 is 16.0 Å². The number of amides is 3. The largest absolute Gasteiger partial charge is 0.381 e. The second-order valence-electron chi connectivity index (χ2n) is 12.1. The van der Waals surface area contributed by atoms with E-state index in [1.807, 2.05) is 55.4 Å². The van der Waals surface area contributed by atoms with Gasteiger partial charge in [-0.2, -0.15) is 0 Å². The monoisotopic (exact) mass is 513 g/mol. The molecule has 1 unspecified atom stereocenters. The van der Waals surface area contributed by atoms with Gasteiger partial charge in [0, 0.05) is 29.4 Å². The van der Waals surface area contributed by atoms with Gasteiger partial charge in [-0.05, 0) is 24.7 Å². The molecule has 0 fully saturated rings. The Labute approximate surface area is 220 Å². The molecule has 212 valence electrons. The minimum Gasteiger partial charge on any atom is -0.381 e. The van der Waals surface area contributed by atoms with Crippen molar-refractivity contribution in [2.24, 2.45) is 28.1 Å². The van der Waals surface area contributed by atoms with Gasteiger partial charge in [-0.15, -0.1) is 0 Å². The van der Waals surface area contributed by atoms with Gasteiger partial charge in [-0.1, -0.05) is 83.1 Å². The minimum absolute atomic E-state index is 0.0612. The molecule has 0 aliphatic carbocycles. The molecule has 3 amide bonds. The molecule has 3 N–H and O–H groups in total. The lowest BCUT2D eigenvalue weighted by molar-refractivity contribution is -0.136. The molecular weight excluding hydrogens is 458 g/mol. The van der Waals surface area contributed by atoms with E-state index in [1.165, 1.54) is 0 Å². The van der Waals surface area contributed by atoms with Crippen LogP contribution in [0.2, 0.25) is 0 Å². The van der Waals surface area contributed by atoms with Crippen LogP contribution in [0.25, 0.3) is 0 Å². The van der Waals surface area contributed by atoms with Gasteiger partial charge in [0.25, 0.3) is 0 Å². The molecule has 8 nitrogen and oxygen atoms in total. The van der Waals surface area contributed by atoms with Crippen LogP contribution in [0.5, 0.6) is 0 Å². The molecule has 8 heteroatoms. The Morgan fingerprint density at radius 1 is 0.833 bits per heavy atom. The molecular formula is C28H55N3O5. The van der Waals surface area contributed by atoms with Gasteiger partial charge in [0.2, 0.25) is 17.7 Å². The fraction of sp³-hybridized carbons (Fsp3) is 0.857. The van der Waals surface area contributed by atoms with E-state index in [-0.39, 0.29) is 35.6 Å². The van der Waals surface area contributed by atoms with Gasteiger partial charge in [0.1, 0.15) is 12.3 Å². The predicted molar refractivity (Wildman–Crippen MR) is 146 cm³/mol. The summed E-state index contributed by atoms with van der Waals surface area (Å²) in [5.41, 5.74) is -1.62. The summed E-state index contributed by atoms with van der Waals surface area (Å²) in [5.74, 6) is -0.375. The van der Waals surface area contributed by atoms with Gasteiger partial charge in [-0.25, -0.2) is 0 Å². The van der Waals surface area contributed by atoms with Crippen molar-refractivity contribution in [3.05, 3.63) is 0 Å². The third-order valence-electron chi connectivity index (χ3n) is 5.87. The first-order valence-corrected chi connectivity index (χ1v) is 13.3. The average Bonchev–Trinajstić information content (AvgIpc) is 2.78. The number of hydrogen-bond acceptors (Lipinski definition) is 5. The third kappa shape index (κ3) is 14.6. The quantitative estimate of drug-likeness (QED) is 0.269. The van der Waals surface area contributed by atoms with Crippen molar-refractivity contribution in [3.8, 4) is 0 Å². The maximum Gasteiger partial charge on any atom is 0.243 e. The molecule has 0 radical (unpaired) electrons. The van der Waals surface area contributed by atoms with Crippen molar-refractivity contribution in [1.82, 2.24) is 16.0 Å². The van der Waals surface area contributed by atoms with Crippen molar-refractivity contribution >= 4 is 24.0 Å². The van der Waals surface area contributed by atoms with Gasteiger partial charge >= 0.3 is 0 Å². The maximum absolute atomic E-state index is 13.0. The lowest BCUT2D eigenvalue weighted by Gasteiger charge is -2.32. The summed E-state index contributed by atoms with van der Waals surface area (Å²) < 4.78 is 5.74. The molecule has 0 rings (SSSR count). The van der Waals surface area contributed by atoms with Crippen LogP contribution in [0.15, 0.2) is 0 Å². The number of aldehydes is 1. The number of carbonyl (C=O) groups is 4. The van der Waals surface area contributed by atoms with Gasteiger partial charge in [0.05, 0.1) is 13.2 Å². The first kappa shape index (κ1) is 36.2. The highest BCUT2D eigenvalue weighted by atomic mass is 16.5. The number of hydrogen-bond donors (Lipinski definition) is 3. The highest BCUT2D eigenvalue weighted by Gasteiger charge is 2.36. The molecule has 0 saturated heterocycles. The predicted octanol–water partition coefficient (Wildman–Crippen LogP) is 4.12. The number of rotatable bonds is 16. The molecule has 0 aliphatic heterocycles. The van der Waals surface area contributed by atoms with Crippen molar-refractivity contribution in [2.45, 2.75) is 102 Å². The summed E-state index contributed by atoms with van der Waals surface area (Å²) >= 11 is 0. The van der Waals surface area contributed by atoms with Crippen molar-refractivity contribution in [2.75, 3.05) is 26.3 Å². The van der Waals surface area contributed by atoms with E-state index in [2.05, 4.69) is 43.6 Å². The Morgan fingerprint density at radius 3 is 1.78 bits per heavy atom. The van der Waals surface area contributed by atoms with Crippen LogP contribution in [0.1, 0.15) is 95.9 Å². The lowest BCUT2D eigenvalue weighted by Crippen LogP contribution is -2.53. The zero-order valence-corrected chi connectivity index (χ0v) is 25.1. The molecule has 0 aromatic carbocycles. The second-order valence-corrected chi connectivity index (χ2v) is 12.1. The highest BCUT2D eigenvalue weighted by Crippen LogP contribution is 2.32. The number of carbonyl (C=O) groups excluding carboxylic acids is 4. The van der Waals surface area contributed by atoms with Gasteiger partial charge in [0.15, 0.2) is 0 Å². The Balaban J connectivity index is 0. The average molecular weight is 514 g/mol. The first-order valence-electron chi connectivity index (χ1n) is 13.3. The fourth-order valence-electron chi connectivity index (χ4n) is 3.16. The summed E-state index contributed by atoms with van der Waals surface area (Å²) in [6.45, 7) is 25.0. The molecule has 0 saturated carbocycles. The van der Waals surface area contributed by atoms with Crippen molar-refractivity contribution < 1.29 is 23.9 Å². The molecule has 0 aromatic rings. The Morgan fingerprint density at radius 2 is 1.33 bits per heavy atom. The van der Waals surface area contributed by atoms with Crippen LogP contribution >= 0.6 is 0 Å². The SMILES string of the molecule is CC.CC(C)COCC(C)(C)CNC(=O)C(C)(C)CCC(C)(C)C(=O)NC(C(=O)NCC=O)C(C)C. The Kier molecular flexibility index (Phi) is 16.8. The summed E-state index contributed by atoms with van der Waals surface area (Å²) in [5, 5.41) is 8.37. The van der Waals surface area contributed by atoms with E-state index in [0.717, 1.165) is 0 Å². The summed E-state index contributed by atoms with van der Waals surface area (Å²) in [4.78, 5) is 48.7. The van der Waals surface area contributed by atoms with E-state index in [1.54, 1.807) is 0 Å². The number of nitrogens with one attached hydrogen (secondary N) is 3. The minimum atomic E-state index is -0.778. The smallest absolute Gasteiger partial charge is 0.243 e. The number of ether oxygens (including phenoxy) is 1. The molecule has 0 heterocycles. The van der Waals surface area contributed by atoms with Crippen LogP contribution in [0, 0.1) is 28.1 Å². The molecule has 1 atom stereocenters. The van der Waals surface area contributed by atoms with Crippen LogP contribution in [0.3, 0.4) is 0 Å². The van der Waals surface area contributed by atoms with Crippen molar-refractivity contribution in [3.63, 3.8) is 0 Å². The molecule has 0 spiro atoms. The van der Waals surface area contributed by atoms with E-state index in [0.29, 0.717) is 44.8 Å². The van der Waals surface area contributed by atoms with E-state index >= 15 is 0 Å². The summed E-state index contributed by atoms with van der Waals surface area (Å²) in [6.07, 6.45) is 1.59. The zero-order chi connectivity index (χ0) is 28.7. The fourth-order valence-corrected chi connectivity index (χ4v) is 3.16. The van der Waals surface area contributed by atoms with Crippen LogP contribution in [-0.4, -0.2) is 56.4 Å². The van der Waals surface area contributed by atoms with E-state index < -0.39 is 16.9 Å². The third-order valence-corrected chi connectivity index (χ3v) is 5.87. The zero-order valence-electron chi connectivity index (χ0n) is 25.1. The van der Waals surface area contributed by atoms with Crippen LogP contribution in [-0.2, 0) is 23.9 Å². The van der Waals surface area contributed by atoms with E-state index in [4.69, 9.17) is 4.74 Å².